The summed E-state index contributed by atoms with van der Waals surface area (Å²) in [6.07, 6.45) is 2.90. The Balaban J connectivity index is 1.88. The largest absolute Gasteiger partial charge is 0.391 e. The Morgan fingerprint density at radius 2 is 2.19 bits per heavy atom. The van der Waals surface area contributed by atoms with Gasteiger partial charge in [0.25, 0.3) is 0 Å². The maximum Gasteiger partial charge on any atom is 0.248 e. The van der Waals surface area contributed by atoms with Crippen molar-refractivity contribution in [3.63, 3.8) is 0 Å². The molecule has 1 aliphatic heterocycles. The summed E-state index contributed by atoms with van der Waals surface area (Å²) in [7, 11) is 1.52. The Kier molecular flexibility index (Phi) is 5.33. The normalized spacial score (nSPS) is 21.2. The first-order chi connectivity index (χ1) is 12.4. The van der Waals surface area contributed by atoms with E-state index in [-0.39, 0.29) is 30.7 Å². The first-order valence-electron chi connectivity index (χ1n) is 8.44. The Labute approximate surface area is 155 Å². The molecule has 1 saturated heterocycles. The van der Waals surface area contributed by atoms with Gasteiger partial charge in [-0.3, -0.25) is 9.59 Å². The molecule has 2 amide bonds. The maximum atomic E-state index is 13.2. The highest BCUT2D eigenvalue weighted by Gasteiger charge is 2.42. The zero-order valence-corrected chi connectivity index (χ0v) is 15.7. The van der Waals surface area contributed by atoms with Gasteiger partial charge in [0.2, 0.25) is 11.8 Å². The minimum atomic E-state index is -0.712. The molecule has 2 N–H and O–H groups in total. The summed E-state index contributed by atoms with van der Waals surface area (Å²) in [5, 5.41) is 23.3. The van der Waals surface area contributed by atoms with Crippen LogP contribution in [0.15, 0.2) is 17.8 Å². The van der Waals surface area contributed by atoms with E-state index in [1.807, 2.05) is 19.2 Å². The van der Waals surface area contributed by atoms with E-state index in [9.17, 15) is 14.7 Å². The molecule has 0 spiro atoms. The molecule has 0 aromatic carbocycles. The molecule has 3 atom stereocenters. The van der Waals surface area contributed by atoms with Crippen molar-refractivity contribution in [3.8, 4) is 10.7 Å². The number of carbonyl (C=O) groups is 2. The summed E-state index contributed by atoms with van der Waals surface area (Å²) < 4.78 is 1.52. The number of aromatic nitrogens is 4. The van der Waals surface area contributed by atoms with E-state index in [4.69, 9.17) is 0 Å². The highest BCUT2D eigenvalue weighted by atomic mass is 32.1. The van der Waals surface area contributed by atoms with Crippen LogP contribution < -0.4 is 5.32 Å². The average molecular weight is 378 g/mol. The minimum absolute atomic E-state index is 0.0728. The molecule has 3 rings (SSSR count). The van der Waals surface area contributed by atoms with Crippen LogP contribution in [0.25, 0.3) is 10.7 Å². The van der Waals surface area contributed by atoms with Gasteiger partial charge in [-0.15, -0.1) is 16.4 Å². The fourth-order valence-electron chi connectivity index (χ4n) is 3.21. The number of aliphatic hydroxyl groups excluding tert-OH is 1. The first kappa shape index (κ1) is 18.5. The zero-order valence-electron chi connectivity index (χ0n) is 14.9. The molecular formula is C16H22N6O3S. The van der Waals surface area contributed by atoms with E-state index >= 15 is 0 Å². The highest BCUT2D eigenvalue weighted by Crippen LogP contribution is 2.28. The number of likely N-dealkylation sites (N-methyl/N-ethyl adjacent to an activating group) is 1. The van der Waals surface area contributed by atoms with Crippen LogP contribution in [-0.2, 0) is 9.59 Å². The van der Waals surface area contributed by atoms with Crippen molar-refractivity contribution < 1.29 is 14.7 Å². The number of carbonyl (C=O) groups excluding carboxylic acids is 2. The second kappa shape index (κ2) is 7.50. The number of likely N-dealkylation sites (tertiary alicyclic amines) is 1. The number of hydrogen-bond acceptors (Lipinski definition) is 7. The Hall–Kier alpha value is -2.33. The molecule has 0 aliphatic carbocycles. The van der Waals surface area contributed by atoms with Gasteiger partial charge in [0.1, 0.15) is 22.8 Å². The third-order valence-corrected chi connectivity index (χ3v) is 5.24. The highest BCUT2D eigenvalue weighted by molar-refractivity contribution is 7.13. The summed E-state index contributed by atoms with van der Waals surface area (Å²) in [4.78, 5) is 30.9. The second-order valence-corrected chi connectivity index (χ2v) is 7.51. The Morgan fingerprint density at radius 3 is 2.81 bits per heavy atom. The van der Waals surface area contributed by atoms with Crippen molar-refractivity contribution in [3.05, 3.63) is 17.8 Å². The fourth-order valence-corrected chi connectivity index (χ4v) is 3.79. The van der Waals surface area contributed by atoms with Crippen molar-refractivity contribution in [2.45, 2.75) is 38.5 Å². The van der Waals surface area contributed by atoms with E-state index in [0.29, 0.717) is 5.69 Å². The molecule has 2 aromatic heterocycles. The number of amides is 2. The topological polar surface area (TPSA) is 113 Å². The molecule has 3 unspecified atom stereocenters. The van der Waals surface area contributed by atoms with Gasteiger partial charge in [0.15, 0.2) is 0 Å². The zero-order chi connectivity index (χ0) is 18.8. The van der Waals surface area contributed by atoms with Gasteiger partial charge in [-0.05, 0) is 5.92 Å². The van der Waals surface area contributed by atoms with E-state index in [1.165, 1.54) is 28.0 Å². The van der Waals surface area contributed by atoms with Crippen LogP contribution in [0, 0.1) is 5.92 Å². The molecule has 3 heterocycles. The lowest BCUT2D eigenvalue weighted by Crippen LogP contribution is -2.48. The number of nitrogens with zero attached hydrogens (tertiary/aromatic N) is 5. The SMILES string of the molecule is CNC(=O)C1CC(O)CN1C(=O)C(C(C)C)n1cc(-c2nccs2)nn1. The monoisotopic (exact) mass is 378 g/mol. The number of hydrogen-bond donors (Lipinski definition) is 2. The van der Waals surface area contributed by atoms with Crippen LogP contribution in [0.2, 0.25) is 0 Å². The number of nitrogens with one attached hydrogen (secondary N) is 1. The lowest BCUT2D eigenvalue weighted by molar-refractivity contribution is -0.142. The summed E-state index contributed by atoms with van der Waals surface area (Å²) in [6, 6.07) is -1.29. The third-order valence-electron chi connectivity index (χ3n) is 4.44. The van der Waals surface area contributed by atoms with Gasteiger partial charge < -0.3 is 15.3 Å². The van der Waals surface area contributed by atoms with E-state index in [2.05, 4.69) is 20.6 Å². The molecule has 26 heavy (non-hydrogen) atoms. The molecule has 0 saturated carbocycles. The van der Waals surface area contributed by atoms with Crippen LogP contribution in [-0.4, -0.2) is 67.5 Å². The molecule has 2 aromatic rings. The summed E-state index contributed by atoms with van der Waals surface area (Å²) in [6.45, 7) is 3.96. The van der Waals surface area contributed by atoms with Crippen molar-refractivity contribution >= 4 is 23.2 Å². The van der Waals surface area contributed by atoms with Gasteiger partial charge >= 0.3 is 0 Å². The van der Waals surface area contributed by atoms with Gasteiger partial charge in [-0.2, -0.15) is 0 Å². The summed E-state index contributed by atoms with van der Waals surface area (Å²) in [5.41, 5.74) is 0.600. The van der Waals surface area contributed by atoms with Crippen LogP contribution in [0.5, 0.6) is 0 Å². The molecule has 9 nitrogen and oxygen atoms in total. The molecular weight excluding hydrogens is 356 g/mol. The number of β-amino-alcohol motifs (C(OH)–C–C–N with tert-alkyl or cyclic N) is 1. The standard InChI is InChI=1S/C16H22N6O3S/c1-9(2)13(22-8-11(19-20-22)15-18-4-5-26-15)16(25)21-7-10(23)6-12(21)14(24)17-3/h4-5,8-10,12-13,23H,6-7H2,1-3H3,(H,17,24). The van der Waals surface area contributed by atoms with E-state index < -0.39 is 18.2 Å². The second-order valence-electron chi connectivity index (χ2n) is 6.62. The van der Waals surface area contributed by atoms with Crippen LogP contribution in [0.4, 0.5) is 0 Å². The molecule has 0 bridgehead atoms. The number of thiazole rings is 1. The third kappa shape index (κ3) is 3.47. The minimum Gasteiger partial charge on any atom is -0.391 e. The predicted octanol–water partition coefficient (Wildman–Crippen LogP) is 0.306. The average Bonchev–Trinajstić information content (AvgIpc) is 3.33. The lowest BCUT2D eigenvalue weighted by Gasteiger charge is -2.29. The van der Waals surface area contributed by atoms with Crippen molar-refractivity contribution in [2.24, 2.45) is 5.92 Å². The summed E-state index contributed by atoms with van der Waals surface area (Å²) in [5.74, 6) is -0.600. The van der Waals surface area contributed by atoms with Crippen LogP contribution in [0.1, 0.15) is 26.3 Å². The smallest absolute Gasteiger partial charge is 0.248 e. The van der Waals surface area contributed by atoms with Gasteiger partial charge in [0, 0.05) is 31.6 Å². The van der Waals surface area contributed by atoms with Gasteiger partial charge in [-0.25, -0.2) is 9.67 Å². The fraction of sp³-hybridized carbons (Fsp3) is 0.562. The van der Waals surface area contributed by atoms with Gasteiger partial charge in [0.05, 0.1) is 12.3 Å². The summed E-state index contributed by atoms with van der Waals surface area (Å²) >= 11 is 1.44. The van der Waals surface area contributed by atoms with E-state index in [1.54, 1.807) is 12.4 Å². The number of rotatable bonds is 5. The molecule has 10 heteroatoms. The van der Waals surface area contributed by atoms with Crippen molar-refractivity contribution in [2.75, 3.05) is 13.6 Å². The first-order valence-corrected chi connectivity index (χ1v) is 9.32. The Morgan fingerprint density at radius 1 is 1.42 bits per heavy atom. The predicted molar refractivity (Wildman–Crippen MR) is 95.2 cm³/mol. The maximum absolute atomic E-state index is 13.2. The van der Waals surface area contributed by atoms with Crippen molar-refractivity contribution in [1.82, 2.24) is 30.2 Å². The lowest BCUT2D eigenvalue weighted by atomic mass is 10.0. The molecule has 0 radical (unpaired) electrons. The van der Waals surface area contributed by atoms with E-state index in [0.717, 1.165) is 5.01 Å². The Bertz CT molecular complexity index is 775. The molecule has 1 aliphatic rings. The van der Waals surface area contributed by atoms with Crippen LogP contribution in [0.3, 0.4) is 0 Å². The van der Waals surface area contributed by atoms with Crippen LogP contribution >= 0.6 is 11.3 Å². The van der Waals surface area contributed by atoms with Gasteiger partial charge in [-0.1, -0.05) is 19.1 Å². The number of aliphatic hydroxyl groups is 1. The quantitative estimate of drug-likeness (QED) is 0.774. The molecule has 1 fully saturated rings. The molecule has 140 valence electrons. The van der Waals surface area contributed by atoms with Crippen molar-refractivity contribution in [1.29, 1.82) is 0 Å².